The minimum atomic E-state index is -0.763. The molecule has 3 rings (SSSR count). The van der Waals surface area contributed by atoms with Crippen molar-refractivity contribution in [2.45, 2.75) is 13.0 Å². The SMILES string of the molecule is CCS1=CC(C(=O)NC(C=O)c2ccccc2)=C2C(=O)C=C(Br)N=C21. The summed E-state index contributed by atoms with van der Waals surface area (Å²) >= 11 is 3.23. The number of allylic oxidation sites excluding steroid dienone is 1. The summed E-state index contributed by atoms with van der Waals surface area (Å²) in [5, 5.41) is 5.12. The molecule has 0 saturated heterocycles. The maximum atomic E-state index is 12.7. The first kappa shape index (κ1) is 17.7. The van der Waals surface area contributed by atoms with Gasteiger partial charge in [0.05, 0.1) is 11.1 Å². The first-order valence-electron chi connectivity index (χ1n) is 7.65. The zero-order valence-corrected chi connectivity index (χ0v) is 15.8. The molecule has 0 fully saturated rings. The molecule has 0 aliphatic carbocycles. The van der Waals surface area contributed by atoms with Crippen LogP contribution >= 0.6 is 26.4 Å². The molecule has 0 bridgehead atoms. The molecule has 1 aromatic rings. The molecule has 5 nitrogen and oxygen atoms in total. The van der Waals surface area contributed by atoms with Crippen molar-refractivity contribution in [1.82, 2.24) is 5.32 Å². The lowest BCUT2D eigenvalue weighted by molar-refractivity contribution is -0.121. The second kappa shape index (κ2) is 7.41. The number of hydrogen-bond acceptors (Lipinski definition) is 4. The van der Waals surface area contributed by atoms with E-state index in [-0.39, 0.29) is 5.78 Å². The summed E-state index contributed by atoms with van der Waals surface area (Å²) in [7, 11) is -0.394. The van der Waals surface area contributed by atoms with Crippen LogP contribution in [0.4, 0.5) is 0 Å². The molecule has 0 spiro atoms. The fourth-order valence-corrected chi connectivity index (χ4v) is 4.88. The van der Waals surface area contributed by atoms with Gasteiger partial charge >= 0.3 is 0 Å². The van der Waals surface area contributed by atoms with Crippen molar-refractivity contribution in [2.24, 2.45) is 4.99 Å². The Hall–Kier alpha value is -2.12. The summed E-state index contributed by atoms with van der Waals surface area (Å²) in [5.74, 6) is 0.0682. The van der Waals surface area contributed by atoms with Gasteiger partial charge in [-0.15, -0.1) is 10.5 Å². The van der Waals surface area contributed by atoms with Crippen LogP contribution in [-0.2, 0) is 14.4 Å². The molecular weight excluding hydrogens is 404 g/mol. The van der Waals surface area contributed by atoms with E-state index in [4.69, 9.17) is 0 Å². The van der Waals surface area contributed by atoms with Crippen LogP contribution in [0.15, 0.2) is 57.2 Å². The van der Waals surface area contributed by atoms with E-state index in [9.17, 15) is 14.4 Å². The molecule has 2 heterocycles. The number of amides is 1. The maximum Gasteiger partial charge on any atom is 0.253 e. The average molecular weight is 419 g/mol. The number of carbonyl (C=O) groups is 3. The molecule has 25 heavy (non-hydrogen) atoms. The largest absolute Gasteiger partial charge is 0.338 e. The quantitative estimate of drug-likeness (QED) is 0.453. The predicted molar refractivity (Wildman–Crippen MR) is 104 cm³/mol. The number of fused-ring (bicyclic) bond motifs is 1. The highest BCUT2D eigenvalue weighted by Crippen LogP contribution is 2.35. The van der Waals surface area contributed by atoms with Crippen molar-refractivity contribution in [3.8, 4) is 0 Å². The van der Waals surface area contributed by atoms with Crippen LogP contribution in [0.2, 0.25) is 0 Å². The molecule has 2 aliphatic heterocycles. The number of ketones is 1. The Morgan fingerprint density at radius 2 is 2.08 bits per heavy atom. The molecular formula is C18H15BrN2O3S. The summed E-state index contributed by atoms with van der Waals surface area (Å²) in [5.41, 5.74) is 1.33. The Labute approximate surface area is 156 Å². The molecule has 0 radical (unpaired) electrons. The van der Waals surface area contributed by atoms with E-state index in [1.54, 1.807) is 29.6 Å². The van der Waals surface area contributed by atoms with E-state index in [1.165, 1.54) is 6.08 Å². The highest BCUT2D eigenvalue weighted by atomic mass is 79.9. The van der Waals surface area contributed by atoms with Gasteiger partial charge in [-0.3, -0.25) is 9.59 Å². The minimum Gasteiger partial charge on any atom is -0.338 e. The number of benzene rings is 1. The standard InChI is InChI=1S/C18H15BrN2O3S/c1-2-25-10-12(16-14(23)8-15(19)21-18(16)25)17(24)20-13(9-22)11-6-4-3-5-7-11/h3-10,13H,2H2,1H3,(H,20,24). The fourth-order valence-electron chi connectivity index (χ4n) is 2.63. The van der Waals surface area contributed by atoms with Gasteiger partial charge in [0, 0.05) is 6.08 Å². The lowest BCUT2D eigenvalue weighted by atomic mass is 10.0. The predicted octanol–water partition coefficient (Wildman–Crippen LogP) is 2.66. The Morgan fingerprint density at radius 3 is 2.72 bits per heavy atom. The fraction of sp³-hybridized carbons (Fsp3) is 0.167. The first-order valence-corrected chi connectivity index (χ1v) is 9.90. The Morgan fingerprint density at radius 1 is 1.36 bits per heavy atom. The zero-order chi connectivity index (χ0) is 18.0. The van der Waals surface area contributed by atoms with E-state index in [2.05, 4.69) is 26.2 Å². The topological polar surface area (TPSA) is 75.6 Å². The molecule has 0 aromatic heterocycles. The summed E-state index contributed by atoms with van der Waals surface area (Å²) < 4.78 is 0.465. The van der Waals surface area contributed by atoms with E-state index in [1.807, 2.05) is 13.0 Å². The van der Waals surface area contributed by atoms with Gasteiger partial charge in [0.25, 0.3) is 5.91 Å². The Balaban J connectivity index is 1.94. The van der Waals surface area contributed by atoms with Crippen LogP contribution in [0, 0.1) is 0 Å². The monoisotopic (exact) mass is 418 g/mol. The molecule has 2 aliphatic rings. The molecule has 7 heteroatoms. The van der Waals surface area contributed by atoms with Gasteiger partial charge in [0.15, 0.2) is 5.78 Å². The number of hydrogen-bond donors (Lipinski definition) is 1. The normalized spacial score (nSPS) is 20.2. The zero-order valence-electron chi connectivity index (χ0n) is 13.4. The van der Waals surface area contributed by atoms with Gasteiger partial charge in [0.1, 0.15) is 22.0 Å². The Kier molecular flexibility index (Phi) is 5.24. The number of nitrogens with zero attached hydrogens (tertiary/aromatic N) is 1. The second-order valence-electron chi connectivity index (χ2n) is 5.37. The molecule has 1 amide bonds. The van der Waals surface area contributed by atoms with Crippen LogP contribution in [-0.4, -0.2) is 34.1 Å². The second-order valence-corrected chi connectivity index (χ2v) is 8.24. The van der Waals surface area contributed by atoms with Crippen molar-refractivity contribution >= 4 is 54.8 Å². The maximum absolute atomic E-state index is 12.7. The summed E-state index contributed by atoms with van der Waals surface area (Å²) in [4.78, 5) is 40.9. The van der Waals surface area contributed by atoms with Crippen LogP contribution in [0.5, 0.6) is 0 Å². The van der Waals surface area contributed by atoms with E-state index >= 15 is 0 Å². The van der Waals surface area contributed by atoms with Crippen LogP contribution in [0.1, 0.15) is 18.5 Å². The number of halogens is 1. The van der Waals surface area contributed by atoms with E-state index in [0.29, 0.717) is 32.6 Å². The van der Waals surface area contributed by atoms with E-state index < -0.39 is 22.4 Å². The third-order valence-corrected chi connectivity index (χ3v) is 6.17. The number of rotatable bonds is 5. The minimum absolute atomic E-state index is 0.246. The highest BCUT2D eigenvalue weighted by Gasteiger charge is 2.33. The smallest absolute Gasteiger partial charge is 0.253 e. The molecule has 2 unspecified atom stereocenters. The Bertz CT molecular complexity index is 885. The first-order chi connectivity index (χ1) is 12.0. The average Bonchev–Trinajstić information content (AvgIpc) is 2.99. The van der Waals surface area contributed by atoms with Crippen LogP contribution in [0.25, 0.3) is 0 Å². The van der Waals surface area contributed by atoms with E-state index in [0.717, 1.165) is 5.75 Å². The van der Waals surface area contributed by atoms with Crippen molar-refractivity contribution in [2.75, 3.05) is 5.75 Å². The molecule has 1 aromatic carbocycles. The third-order valence-electron chi connectivity index (χ3n) is 3.83. The van der Waals surface area contributed by atoms with Crippen molar-refractivity contribution in [1.29, 1.82) is 0 Å². The van der Waals surface area contributed by atoms with Crippen LogP contribution < -0.4 is 5.32 Å². The van der Waals surface area contributed by atoms with Crippen molar-refractivity contribution in [3.05, 3.63) is 57.7 Å². The number of nitrogens with one attached hydrogen (secondary N) is 1. The lowest BCUT2D eigenvalue weighted by Crippen LogP contribution is -2.32. The van der Waals surface area contributed by atoms with Gasteiger partial charge in [0.2, 0.25) is 0 Å². The molecule has 2 atom stereocenters. The van der Waals surface area contributed by atoms with Crippen molar-refractivity contribution < 1.29 is 14.4 Å². The molecule has 0 saturated carbocycles. The van der Waals surface area contributed by atoms with Crippen LogP contribution in [0.3, 0.4) is 0 Å². The van der Waals surface area contributed by atoms with Gasteiger partial charge in [-0.1, -0.05) is 37.3 Å². The van der Waals surface area contributed by atoms with Crippen molar-refractivity contribution in [3.63, 3.8) is 0 Å². The van der Waals surface area contributed by atoms with Gasteiger partial charge in [-0.05, 0) is 32.6 Å². The lowest BCUT2D eigenvalue weighted by Gasteiger charge is -2.14. The summed E-state index contributed by atoms with van der Waals surface area (Å²) in [6, 6.07) is 8.21. The van der Waals surface area contributed by atoms with Gasteiger partial charge in [-0.25, -0.2) is 4.99 Å². The molecule has 1 N–H and O–H groups in total. The van der Waals surface area contributed by atoms with Gasteiger partial charge < -0.3 is 10.1 Å². The third kappa shape index (κ3) is 3.48. The number of aldehydes is 1. The highest BCUT2D eigenvalue weighted by molar-refractivity contribution is 9.11. The molecule has 128 valence electrons. The number of aliphatic imine (C=N–C) groups is 1. The summed E-state index contributed by atoms with van der Waals surface area (Å²) in [6.45, 7) is 1.98. The van der Waals surface area contributed by atoms with Gasteiger partial charge in [-0.2, -0.15) is 0 Å². The number of carbonyl (C=O) groups excluding carboxylic acids is 3. The summed E-state index contributed by atoms with van der Waals surface area (Å²) in [6.07, 6.45) is 2.04.